The van der Waals surface area contributed by atoms with Crippen molar-refractivity contribution < 1.29 is 0 Å². The first-order chi connectivity index (χ1) is 8.78. The topological polar surface area (TPSA) is 39.9 Å². The van der Waals surface area contributed by atoms with Gasteiger partial charge in [-0.15, -0.1) is 11.3 Å². The minimum atomic E-state index is 0.679. The Morgan fingerprint density at radius 1 is 1.22 bits per heavy atom. The van der Waals surface area contributed by atoms with Crippen molar-refractivity contribution in [2.24, 2.45) is 0 Å². The van der Waals surface area contributed by atoms with Crippen molar-refractivity contribution in [3.63, 3.8) is 0 Å². The van der Waals surface area contributed by atoms with Crippen LogP contribution < -0.4 is 4.90 Å². The Labute approximate surface area is 111 Å². The molecule has 0 bridgehead atoms. The lowest BCUT2D eigenvalue weighted by atomic mass is 10.1. The van der Waals surface area contributed by atoms with Crippen molar-refractivity contribution in [3.05, 3.63) is 35.2 Å². The van der Waals surface area contributed by atoms with E-state index in [4.69, 9.17) is 5.26 Å². The van der Waals surface area contributed by atoms with E-state index >= 15 is 0 Å². The molecule has 2 rings (SSSR count). The second-order valence-electron chi connectivity index (χ2n) is 3.88. The highest BCUT2D eigenvalue weighted by atomic mass is 32.1. The van der Waals surface area contributed by atoms with Gasteiger partial charge in [0.15, 0.2) is 5.13 Å². The first-order valence-electron chi connectivity index (χ1n) is 5.99. The second kappa shape index (κ2) is 5.65. The molecule has 3 nitrogen and oxygen atoms in total. The summed E-state index contributed by atoms with van der Waals surface area (Å²) in [6.07, 6.45) is 0. The zero-order valence-electron chi connectivity index (χ0n) is 10.6. The summed E-state index contributed by atoms with van der Waals surface area (Å²) in [5.74, 6) is 0. The van der Waals surface area contributed by atoms with Crippen LogP contribution in [0.3, 0.4) is 0 Å². The quantitative estimate of drug-likeness (QED) is 0.841. The Hall–Kier alpha value is -1.86. The Morgan fingerprint density at radius 2 is 1.89 bits per heavy atom. The maximum Gasteiger partial charge on any atom is 0.185 e. The molecule has 0 saturated heterocycles. The molecule has 18 heavy (non-hydrogen) atoms. The molecule has 92 valence electrons. The second-order valence-corrected chi connectivity index (χ2v) is 4.71. The molecule has 0 radical (unpaired) electrons. The summed E-state index contributed by atoms with van der Waals surface area (Å²) in [6, 6.07) is 9.66. The van der Waals surface area contributed by atoms with Crippen LogP contribution in [0.4, 0.5) is 5.13 Å². The minimum absolute atomic E-state index is 0.679. The molecular weight excluding hydrogens is 242 g/mol. The number of hydrogen-bond acceptors (Lipinski definition) is 4. The highest BCUT2D eigenvalue weighted by Crippen LogP contribution is 2.27. The normalized spacial score (nSPS) is 10.1. The molecule has 0 amide bonds. The third-order valence-corrected chi connectivity index (χ3v) is 3.74. The van der Waals surface area contributed by atoms with E-state index in [1.54, 1.807) is 11.3 Å². The third kappa shape index (κ3) is 2.52. The van der Waals surface area contributed by atoms with Crippen molar-refractivity contribution in [2.75, 3.05) is 18.0 Å². The molecule has 0 aliphatic heterocycles. The average Bonchev–Trinajstić information content (AvgIpc) is 2.90. The molecule has 1 aromatic carbocycles. The van der Waals surface area contributed by atoms with Crippen molar-refractivity contribution in [1.29, 1.82) is 5.26 Å². The molecule has 0 aliphatic carbocycles. The van der Waals surface area contributed by atoms with Gasteiger partial charge in [0.2, 0.25) is 0 Å². The molecular formula is C14H15N3S. The van der Waals surface area contributed by atoms with E-state index in [0.29, 0.717) is 5.56 Å². The van der Waals surface area contributed by atoms with Gasteiger partial charge in [0.1, 0.15) is 0 Å². The minimum Gasteiger partial charge on any atom is -0.349 e. The van der Waals surface area contributed by atoms with Crippen LogP contribution >= 0.6 is 11.3 Å². The standard InChI is InChI=1S/C14H15N3S/c1-3-17(4-2)14-16-13(10-18-14)12-7-5-11(9-15)6-8-12/h5-8,10H,3-4H2,1-2H3. The summed E-state index contributed by atoms with van der Waals surface area (Å²) in [4.78, 5) is 6.87. The number of nitriles is 1. The number of thiazole rings is 1. The summed E-state index contributed by atoms with van der Waals surface area (Å²) in [5.41, 5.74) is 2.72. The molecule has 0 saturated carbocycles. The molecule has 0 N–H and O–H groups in total. The van der Waals surface area contributed by atoms with E-state index in [-0.39, 0.29) is 0 Å². The van der Waals surface area contributed by atoms with Crippen molar-refractivity contribution in [2.45, 2.75) is 13.8 Å². The van der Waals surface area contributed by atoms with Gasteiger partial charge in [0.05, 0.1) is 17.3 Å². The first kappa shape index (κ1) is 12.6. The summed E-state index contributed by atoms with van der Waals surface area (Å²) in [5, 5.41) is 11.9. The van der Waals surface area contributed by atoms with Crippen molar-refractivity contribution in [3.8, 4) is 17.3 Å². The third-order valence-electron chi connectivity index (χ3n) is 2.84. The lowest BCUT2D eigenvalue weighted by Crippen LogP contribution is -2.21. The van der Waals surface area contributed by atoms with Crippen molar-refractivity contribution in [1.82, 2.24) is 4.98 Å². The molecule has 0 atom stereocenters. The highest BCUT2D eigenvalue weighted by molar-refractivity contribution is 7.14. The van der Waals surface area contributed by atoms with Crippen LogP contribution in [0.25, 0.3) is 11.3 Å². The first-order valence-corrected chi connectivity index (χ1v) is 6.87. The molecule has 2 aromatic rings. The monoisotopic (exact) mass is 257 g/mol. The van der Waals surface area contributed by atoms with Crippen LogP contribution in [0.2, 0.25) is 0 Å². The van der Waals surface area contributed by atoms with Crippen LogP contribution in [0.1, 0.15) is 19.4 Å². The number of benzene rings is 1. The zero-order chi connectivity index (χ0) is 13.0. The van der Waals surface area contributed by atoms with Crippen LogP contribution in [-0.4, -0.2) is 18.1 Å². The zero-order valence-corrected chi connectivity index (χ0v) is 11.4. The van der Waals surface area contributed by atoms with Gasteiger partial charge in [-0.25, -0.2) is 4.98 Å². The van der Waals surface area contributed by atoms with Gasteiger partial charge in [-0.2, -0.15) is 5.26 Å². The largest absolute Gasteiger partial charge is 0.349 e. The number of aromatic nitrogens is 1. The molecule has 4 heteroatoms. The van der Waals surface area contributed by atoms with E-state index in [1.165, 1.54) is 0 Å². The maximum absolute atomic E-state index is 8.77. The van der Waals surface area contributed by atoms with Gasteiger partial charge in [0.25, 0.3) is 0 Å². The predicted octanol–water partition coefficient (Wildman–Crippen LogP) is 3.53. The fraction of sp³-hybridized carbons (Fsp3) is 0.286. The fourth-order valence-electron chi connectivity index (χ4n) is 1.75. The molecule has 0 spiro atoms. The molecule has 0 aliphatic rings. The Bertz CT molecular complexity index is 547. The van der Waals surface area contributed by atoms with Gasteiger partial charge in [-0.3, -0.25) is 0 Å². The summed E-state index contributed by atoms with van der Waals surface area (Å²) < 4.78 is 0. The van der Waals surface area contributed by atoms with Gasteiger partial charge >= 0.3 is 0 Å². The van der Waals surface area contributed by atoms with Gasteiger partial charge in [0, 0.05) is 24.0 Å². The van der Waals surface area contributed by atoms with Crippen LogP contribution in [0, 0.1) is 11.3 Å². The number of hydrogen-bond donors (Lipinski definition) is 0. The fourth-order valence-corrected chi connectivity index (χ4v) is 2.72. The average molecular weight is 257 g/mol. The van der Waals surface area contributed by atoms with E-state index in [0.717, 1.165) is 29.5 Å². The summed E-state index contributed by atoms with van der Waals surface area (Å²) >= 11 is 1.66. The van der Waals surface area contributed by atoms with Crippen LogP contribution in [-0.2, 0) is 0 Å². The van der Waals surface area contributed by atoms with E-state index in [9.17, 15) is 0 Å². The maximum atomic E-state index is 8.77. The van der Waals surface area contributed by atoms with E-state index < -0.39 is 0 Å². The van der Waals surface area contributed by atoms with Crippen molar-refractivity contribution >= 4 is 16.5 Å². The number of anilines is 1. The summed E-state index contributed by atoms with van der Waals surface area (Å²) in [6.45, 7) is 6.20. The Morgan fingerprint density at radius 3 is 2.44 bits per heavy atom. The van der Waals surface area contributed by atoms with Crippen LogP contribution in [0.5, 0.6) is 0 Å². The number of nitrogens with zero attached hydrogens (tertiary/aromatic N) is 3. The number of rotatable bonds is 4. The van der Waals surface area contributed by atoms with Crippen LogP contribution in [0.15, 0.2) is 29.6 Å². The van der Waals surface area contributed by atoms with Gasteiger partial charge in [-0.1, -0.05) is 12.1 Å². The lowest BCUT2D eigenvalue weighted by Gasteiger charge is -2.16. The van der Waals surface area contributed by atoms with E-state index in [1.807, 2.05) is 24.3 Å². The van der Waals surface area contributed by atoms with Gasteiger partial charge < -0.3 is 4.90 Å². The molecule has 1 heterocycles. The van der Waals surface area contributed by atoms with E-state index in [2.05, 4.69) is 35.2 Å². The Balaban J connectivity index is 2.26. The molecule has 0 unspecified atom stereocenters. The molecule has 1 aromatic heterocycles. The SMILES string of the molecule is CCN(CC)c1nc(-c2ccc(C#N)cc2)cs1. The molecule has 0 fully saturated rings. The Kier molecular flexibility index (Phi) is 3.96. The van der Waals surface area contributed by atoms with Gasteiger partial charge in [-0.05, 0) is 26.0 Å². The smallest absolute Gasteiger partial charge is 0.185 e. The predicted molar refractivity (Wildman–Crippen MR) is 75.8 cm³/mol. The summed E-state index contributed by atoms with van der Waals surface area (Å²) in [7, 11) is 0. The highest BCUT2D eigenvalue weighted by Gasteiger charge is 2.08. The lowest BCUT2D eigenvalue weighted by molar-refractivity contribution is 0.860.